The number of anilines is 1. The van der Waals surface area contributed by atoms with Gasteiger partial charge in [0.1, 0.15) is 4.70 Å². The minimum absolute atomic E-state index is 0.0538. The summed E-state index contributed by atoms with van der Waals surface area (Å²) in [6.45, 7) is 4.19. The van der Waals surface area contributed by atoms with Gasteiger partial charge in [0.15, 0.2) is 48.1 Å². The number of fused-ring (bicyclic) bond motifs is 1. The van der Waals surface area contributed by atoms with Gasteiger partial charge in [-0.1, -0.05) is 0 Å². The lowest BCUT2D eigenvalue weighted by atomic mass is 10.4. The van der Waals surface area contributed by atoms with E-state index in [4.69, 9.17) is 19.3 Å². The third-order valence-electron chi connectivity index (χ3n) is 8.14. The Bertz CT molecular complexity index is 2630. The summed E-state index contributed by atoms with van der Waals surface area (Å²) in [7, 11) is 5.03. The predicted molar refractivity (Wildman–Crippen MR) is 291 cm³/mol. The van der Waals surface area contributed by atoms with Gasteiger partial charge in [-0.15, -0.1) is 56.7 Å². The zero-order chi connectivity index (χ0) is 50.8. The molecule has 0 bridgehead atoms. The van der Waals surface area contributed by atoms with Crippen LogP contribution in [0.2, 0.25) is 0 Å². The minimum Gasteiger partial charge on any atom is -0.505 e. The molecule has 0 spiro atoms. The fourth-order valence-corrected chi connectivity index (χ4v) is 13.6. The molecule has 0 saturated carbocycles. The summed E-state index contributed by atoms with van der Waals surface area (Å²) in [4.78, 5) is 63.8. The maximum Gasteiger partial charge on any atom is 0.391 e. The molecular formula is C39H37Br5N4O14S7. The maximum absolute atomic E-state index is 11.8. The Morgan fingerprint density at radius 3 is 1.39 bits per heavy atom. The van der Waals surface area contributed by atoms with E-state index in [0.717, 1.165) is 74.4 Å². The second-order valence-electron chi connectivity index (χ2n) is 12.5. The van der Waals surface area contributed by atoms with Gasteiger partial charge in [-0.25, -0.2) is 24.6 Å². The molecule has 374 valence electrons. The molecule has 8 rings (SSSR count). The number of aromatic hydroxyl groups is 2. The smallest absolute Gasteiger partial charge is 0.391 e. The van der Waals surface area contributed by atoms with Gasteiger partial charge in [0.25, 0.3) is 5.56 Å². The molecule has 2 saturated heterocycles. The van der Waals surface area contributed by atoms with Crippen molar-refractivity contribution in [2.24, 2.45) is 0 Å². The van der Waals surface area contributed by atoms with E-state index in [1.54, 1.807) is 21.5 Å². The lowest BCUT2D eigenvalue weighted by molar-refractivity contribution is 0.0593. The highest BCUT2D eigenvalue weighted by Gasteiger charge is 2.25. The normalized spacial score (nSPS) is 12.8. The van der Waals surface area contributed by atoms with E-state index in [0.29, 0.717) is 34.2 Å². The quantitative estimate of drug-likeness (QED) is 0.0502. The molecule has 0 amide bonds. The zero-order valence-electron chi connectivity index (χ0n) is 36.0. The molecule has 2 fully saturated rings. The molecule has 0 aliphatic carbocycles. The van der Waals surface area contributed by atoms with Crippen molar-refractivity contribution in [1.82, 2.24) is 10.3 Å². The number of rotatable bonds is 7. The van der Waals surface area contributed by atoms with E-state index in [1.807, 2.05) is 33.8 Å². The summed E-state index contributed by atoms with van der Waals surface area (Å²) in [6, 6.07) is 0.446. The van der Waals surface area contributed by atoms with Crippen molar-refractivity contribution in [2.75, 3.05) is 82.5 Å². The Morgan fingerprint density at radius 2 is 1.01 bits per heavy atom. The van der Waals surface area contributed by atoms with E-state index < -0.39 is 30.0 Å². The van der Waals surface area contributed by atoms with Crippen molar-refractivity contribution in [3.63, 3.8) is 0 Å². The fourth-order valence-electron chi connectivity index (χ4n) is 4.88. The Labute approximate surface area is 463 Å². The first kappa shape index (κ1) is 58.8. The Kier molecular flexibility index (Phi) is 25.3. The number of nitrogens with zero attached hydrogens (tertiary/aromatic N) is 2. The van der Waals surface area contributed by atoms with Crippen LogP contribution < -0.4 is 25.2 Å². The van der Waals surface area contributed by atoms with E-state index in [9.17, 15) is 34.2 Å². The van der Waals surface area contributed by atoms with Crippen LogP contribution in [-0.2, 0) is 18.9 Å². The number of thiophene rings is 5. The standard InChI is InChI=1S/C13H9Br2NO6S2.C10H9BrN2O2S2.2C6H5BrO3S.C4H9NS/c1-19-11(17)9-7(5(14)3-23-9)21-13(16)22-8-6(15)4-24-10(8)12(18)20-2;11-6-5-17-8-7(6)15-10(12-9(8)14)13-1-3-16-4-2-13;2*1-10-6(9)5-4(8)3(7)2-11-5;1-3-6-4-2-5-1/h3-4,16H,1-2H3;5H,1-4H2;2*2,8H,1H3;5H,1-4H2. The monoisotopic (exact) mass is 1400 g/mol. The molecule has 30 heteroatoms. The number of hydrogen-bond donors (Lipinski definition) is 4. The van der Waals surface area contributed by atoms with Gasteiger partial charge in [0, 0.05) is 76.1 Å². The number of halogens is 5. The van der Waals surface area contributed by atoms with Gasteiger partial charge >= 0.3 is 36.0 Å². The summed E-state index contributed by atoms with van der Waals surface area (Å²) in [5.41, 5.74) is 0.415. The molecule has 0 aromatic carbocycles. The van der Waals surface area contributed by atoms with Gasteiger partial charge in [-0.05, 0) is 79.6 Å². The highest BCUT2D eigenvalue weighted by atomic mass is 79.9. The lowest BCUT2D eigenvalue weighted by Gasteiger charge is -2.25. The highest BCUT2D eigenvalue weighted by Crippen LogP contribution is 2.39. The second kappa shape index (κ2) is 29.7. The van der Waals surface area contributed by atoms with Crippen LogP contribution in [-0.4, -0.2) is 123 Å². The van der Waals surface area contributed by atoms with Crippen molar-refractivity contribution in [3.8, 4) is 23.0 Å². The van der Waals surface area contributed by atoms with Crippen LogP contribution in [0, 0.1) is 5.41 Å². The van der Waals surface area contributed by atoms with Crippen molar-refractivity contribution >= 4 is 206 Å². The SMILES string of the molecule is C1CSCCN1.COC(=O)c1scc(Br)c1O.COC(=O)c1scc(Br)c1O.COC(=O)c1scc(Br)c1OC(=N)Oc1c(Br)csc1C(=O)OC.O=c1nc(N2CCSCC2)oc2c(Br)csc12. The fraction of sp³-hybridized carbons (Fsp3) is 0.308. The van der Waals surface area contributed by atoms with Crippen molar-refractivity contribution in [3.05, 3.63) is 79.1 Å². The lowest BCUT2D eigenvalue weighted by Crippen LogP contribution is -2.34. The van der Waals surface area contributed by atoms with Gasteiger partial charge in [0.05, 0.1) is 50.8 Å². The van der Waals surface area contributed by atoms with Crippen molar-refractivity contribution in [2.45, 2.75) is 0 Å². The van der Waals surface area contributed by atoms with Crippen LogP contribution in [0.1, 0.15) is 38.7 Å². The second-order valence-corrected chi connectivity index (χ2v) is 23.6. The van der Waals surface area contributed by atoms with Crippen LogP contribution in [0.5, 0.6) is 23.0 Å². The molecule has 18 nitrogen and oxygen atoms in total. The topological polar surface area (TPSA) is 246 Å². The molecule has 4 N–H and O–H groups in total. The zero-order valence-corrected chi connectivity index (χ0v) is 49.6. The molecule has 2 aliphatic rings. The third kappa shape index (κ3) is 16.9. The minimum atomic E-state index is -0.622. The van der Waals surface area contributed by atoms with Crippen LogP contribution in [0.4, 0.5) is 6.01 Å². The molecule has 8 heterocycles. The van der Waals surface area contributed by atoms with Crippen molar-refractivity contribution in [1.29, 1.82) is 5.41 Å². The van der Waals surface area contributed by atoms with Gasteiger partial charge in [-0.2, -0.15) is 28.5 Å². The van der Waals surface area contributed by atoms with Gasteiger partial charge in [0.2, 0.25) is 0 Å². The van der Waals surface area contributed by atoms with Crippen LogP contribution in [0.25, 0.3) is 10.3 Å². The maximum atomic E-state index is 11.8. The van der Waals surface area contributed by atoms with Gasteiger partial charge in [-0.3, -0.25) is 4.79 Å². The average Bonchev–Trinajstić information content (AvgIpc) is 4.20. The number of carbonyl (C=O) groups is 4. The number of carbonyl (C=O) groups excluding carboxylic acids is 4. The van der Waals surface area contributed by atoms with Crippen LogP contribution in [0.15, 0.2) is 58.5 Å². The van der Waals surface area contributed by atoms with Crippen molar-refractivity contribution < 1.29 is 62.2 Å². The molecule has 6 aromatic heterocycles. The molecule has 0 unspecified atom stereocenters. The number of nitrogens with one attached hydrogen (secondary N) is 2. The first-order valence-corrected chi connectivity index (χ1v) is 29.6. The largest absolute Gasteiger partial charge is 0.505 e. The van der Waals surface area contributed by atoms with E-state index in [1.165, 1.54) is 64.4 Å². The summed E-state index contributed by atoms with van der Waals surface area (Å²) in [5, 5.41) is 37.9. The number of thioether (sulfide) groups is 2. The molecule has 69 heavy (non-hydrogen) atoms. The third-order valence-corrected chi connectivity index (χ3v) is 19.3. The molecule has 6 aromatic rings. The number of esters is 4. The highest BCUT2D eigenvalue weighted by molar-refractivity contribution is 9.11. The molecule has 0 atom stereocenters. The molecule has 2 aliphatic heterocycles. The number of methoxy groups -OCH3 is 4. The molecular weight excluding hydrogens is 1370 g/mol. The summed E-state index contributed by atoms with van der Waals surface area (Å²) < 4.78 is 37.8. The Balaban J connectivity index is 0.000000201. The predicted octanol–water partition coefficient (Wildman–Crippen LogP) is 11.2. The van der Waals surface area contributed by atoms with E-state index in [2.05, 4.69) is 109 Å². The number of aromatic nitrogens is 1. The summed E-state index contributed by atoms with van der Waals surface area (Å²) >= 11 is 25.7. The summed E-state index contributed by atoms with van der Waals surface area (Å²) in [6.07, 6.45) is -0.622. The first-order valence-electron chi connectivity index (χ1n) is 18.9. The van der Waals surface area contributed by atoms with Crippen LogP contribution in [0.3, 0.4) is 0 Å². The Hall–Kier alpha value is -2.75. The van der Waals surface area contributed by atoms with E-state index in [-0.39, 0.29) is 48.1 Å². The Morgan fingerprint density at radius 1 is 0.623 bits per heavy atom. The number of hydrogen-bond acceptors (Lipinski definition) is 25. The van der Waals surface area contributed by atoms with E-state index >= 15 is 0 Å². The van der Waals surface area contributed by atoms with Crippen LogP contribution >= 0.6 is 160 Å². The average molecular weight is 1410 g/mol. The number of ether oxygens (including phenoxy) is 6. The first-order chi connectivity index (χ1) is 33.0. The van der Waals surface area contributed by atoms with Gasteiger partial charge < -0.3 is 53.3 Å². The summed E-state index contributed by atoms with van der Waals surface area (Å²) in [5.74, 6) is 2.58. The molecule has 0 radical (unpaired) electrons.